The zero-order valence-electron chi connectivity index (χ0n) is 17.2. The Hall–Kier alpha value is -2.54. The third-order valence-corrected chi connectivity index (χ3v) is 6.25. The van der Waals surface area contributed by atoms with Gasteiger partial charge >= 0.3 is 0 Å². The van der Waals surface area contributed by atoms with Crippen LogP contribution in [0.2, 0.25) is 0 Å². The summed E-state index contributed by atoms with van der Waals surface area (Å²) in [5, 5.41) is 3.38. The van der Waals surface area contributed by atoms with Crippen LogP contribution in [0.25, 0.3) is 0 Å². The molecule has 1 fully saturated rings. The Labute approximate surface area is 176 Å². The molecule has 1 unspecified atom stereocenters. The van der Waals surface area contributed by atoms with Crippen LogP contribution in [0.4, 0.5) is 5.69 Å². The number of nitrogens with one attached hydrogen (secondary N) is 1. The zero-order chi connectivity index (χ0) is 20.5. The van der Waals surface area contributed by atoms with Crippen LogP contribution in [0.15, 0.2) is 64.5 Å². The van der Waals surface area contributed by atoms with Crippen molar-refractivity contribution < 1.29 is 8.95 Å². The van der Waals surface area contributed by atoms with Crippen LogP contribution in [-0.4, -0.2) is 67.2 Å². The quantitative estimate of drug-likeness (QED) is 0.558. The molecule has 0 amide bonds. The van der Waals surface area contributed by atoms with Gasteiger partial charge in [-0.25, -0.2) is 0 Å². The summed E-state index contributed by atoms with van der Waals surface area (Å²) in [7, 11) is 0.671. The van der Waals surface area contributed by atoms with Crippen molar-refractivity contribution in [3.05, 3.63) is 54.6 Å². The molecule has 2 aromatic rings. The first-order valence-corrected chi connectivity index (χ1v) is 11.4. The van der Waals surface area contributed by atoms with E-state index in [0.29, 0.717) is 12.3 Å². The van der Waals surface area contributed by atoms with Crippen molar-refractivity contribution in [2.45, 2.75) is 11.8 Å². The van der Waals surface area contributed by atoms with E-state index in [9.17, 15) is 4.21 Å². The monoisotopic (exact) mass is 414 g/mol. The van der Waals surface area contributed by atoms with Crippen LogP contribution in [0, 0.1) is 0 Å². The highest BCUT2D eigenvalue weighted by molar-refractivity contribution is 7.85. The summed E-state index contributed by atoms with van der Waals surface area (Å²) < 4.78 is 17.6. The minimum atomic E-state index is -1.01. The molecule has 0 spiro atoms. The molecule has 3 rings (SSSR count). The Kier molecular flexibility index (Phi) is 7.93. The summed E-state index contributed by atoms with van der Waals surface area (Å²) in [5.74, 6) is 2.32. The summed E-state index contributed by atoms with van der Waals surface area (Å²) in [6, 6.07) is 17.8. The number of piperazine rings is 1. The van der Waals surface area contributed by atoms with Crippen molar-refractivity contribution >= 4 is 22.4 Å². The summed E-state index contributed by atoms with van der Waals surface area (Å²) in [4.78, 5) is 10.3. The number of nitrogens with zero attached hydrogens (tertiary/aromatic N) is 3. The van der Waals surface area contributed by atoms with E-state index >= 15 is 0 Å². The van der Waals surface area contributed by atoms with Crippen LogP contribution in [0.5, 0.6) is 5.75 Å². The smallest absolute Gasteiger partial charge is 0.194 e. The number of aliphatic imine (C=N–C) groups is 1. The van der Waals surface area contributed by atoms with E-state index in [0.717, 1.165) is 49.3 Å². The van der Waals surface area contributed by atoms with Crippen molar-refractivity contribution in [3.8, 4) is 5.75 Å². The molecule has 2 aromatic carbocycles. The van der Waals surface area contributed by atoms with Gasteiger partial charge in [-0.3, -0.25) is 9.20 Å². The van der Waals surface area contributed by atoms with Crippen LogP contribution in [-0.2, 0) is 10.8 Å². The molecule has 1 heterocycles. The van der Waals surface area contributed by atoms with Crippen LogP contribution >= 0.6 is 0 Å². The first kappa shape index (κ1) is 21.2. The molecular weight excluding hydrogens is 384 g/mol. The third kappa shape index (κ3) is 5.97. The maximum Gasteiger partial charge on any atom is 0.194 e. The van der Waals surface area contributed by atoms with Crippen molar-refractivity contribution in [2.75, 3.05) is 57.0 Å². The third-order valence-electron chi connectivity index (χ3n) is 4.90. The Morgan fingerprint density at radius 2 is 1.76 bits per heavy atom. The van der Waals surface area contributed by atoms with Gasteiger partial charge in [-0.1, -0.05) is 18.2 Å². The molecule has 29 heavy (non-hydrogen) atoms. The van der Waals surface area contributed by atoms with Gasteiger partial charge in [-0.15, -0.1) is 0 Å². The van der Waals surface area contributed by atoms with E-state index in [4.69, 9.17) is 9.73 Å². The van der Waals surface area contributed by atoms with Gasteiger partial charge in [-0.2, -0.15) is 0 Å². The fourth-order valence-corrected chi connectivity index (χ4v) is 4.27. The minimum Gasteiger partial charge on any atom is -0.497 e. The molecule has 7 heteroatoms. The predicted molar refractivity (Wildman–Crippen MR) is 120 cm³/mol. The van der Waals surface area contributed by atoms with Gasteiger partial charge in [0.05, 0.1) is 24.5 Å². The number of hydrogen-bond donors (Lipinski definition) is 1. The lowest BCUT2D eigenvalue weighted by Crippen LogP contribution is -2.52. The summed E-state index contributed by atoms with van der Waals surface area (Å²) in [6.07, 6.45) is 0. The average molecular weight is 415 g/mol. The second kappa shape index (κ2) is 10.9. The van der Waals surface area contributed by atoms with E-state index in [-0.39, 0.29) is 0 Å². The summed E-state index contributed by atoms with van der Waals surface area (Å²) >= 11 is 0. The molecule has 1 aliphatic heterocycles. The molecule has 0 bridgehead atoms. The molecular formula is C22H30N4O2S. The Balaban J connectivity index is 1.54. The molecule has 0 aliphatic carbocycles. The predicted octanol–water partition coefficient (Wildman–Crippen LogP) is 2.59. The lowest BCUT2D eigenvalue weighted by Gasteiger charge is -2.37. The fourth-order valence-electron chi connectivity index (χ4n) is 3.32. The normalized spacial score (nSPS) is 15.9. The first-order chi connectivity index (χ1) is 14.2. The first-order valence-electron chi connectivity index (χ1n) is 10.1. The Morgan fingerprint density at radius 1 is 1.07 bits per heavy atom. The molecule has 1 aliphatic rings. The minimum absolute atomic E-state index is 0.532. The molecule has 0 saturated carbocycles. The number of anilines is 1. The van der Waals surface area contributed by atoms with Crippen LogP contribution in [0.1, 0.15) is 6.92 Å². The number of guanidine groups is 1. The topological polar surface area (TPSA) is 57.2 Å². The fraction of sp³-hybridized carbons (Fsp3) is 0.409. The van der Waals surface area contributed by atoms with Gasteiger partial charge in [0.1, 0.15) is 5.75 Å². The van der Waals surface area contributed by atoms with Crippen molar-refractivity contribution in [1.82, 2.24) is 10.2 Å². The molecule has 0 aromatic heterocycles. The Bertz CT molecular complexity index is 803. The van der Waals surface area contributed by atoms with Crippen LogP contribution in [0.3, 0.4) is 0 Å². The largest absolute Gasteiger partial charge is 0.497 e. The highest BCUT2D eigenvalue weighted by Gasteiger charge is 2.20. The standard InChI is InChI=1S/C22H30N4O2S/c1-3-23-22(24-13-18-29(27)21-7-5-4-6-8-21)26-16-14-25(15-17-26)19-9-11-20(28-2)12-10-19/h4-12H,3,13-18H2,1-2H3,(H,23,24). The van der Waals surface area contributed by atoms with E-state index in [1.807, 2.05) is 42.5 Å². The SMILES string of the molecule is CCNC(=NCCS(=O)c1ccccc1)N1CCN(c2ccc(OC)cc2)CC1. The molecule has 1 atom stereocenters. The number of rotatable bonds is 7. The molecule has 0 radical (unpaired) electrons. The number of benzene rings is 2. The van der Waals surface area contributed by atoms with Gasteiger partial charge in [-0.05, 0) is 43.3 Å². The Morgan fingerprint density at radius 3 is 2.38 bits per heavy atom. The van der Waals surface area contributed by atoms with E-state index in [2.05, 4.69) is 34.2 Å². The van der Waals surface area contributed by atoms with Gasteiger partial charge in [0.15, 0.2) is 5.96 Å². The molecule has 6 nitrogen and oxygen atoms in total. The van der Waals surface area contributed by atoms with E-state index in [1.165, 1.54) is 5.69 Å². The van der Waals surface area contributed by atoms with Gasteiger partial charge in [0.2, 0.25) is 0 Å². The van der Waals surface area contributed by atoms with Gasteiger partial charge in [0.25, 0.3) is 0 Å². The van der Waals surface area contributed by atoms with E-state index < -0.39 is 10.8 Å². The highest BCUT2D eigenvalue weighted by atomic mass is 32.2. The van der Waals surface area contributed by atoms with E-state index in [1.54, 1.807) is 7.11 Å². The number of hydrogen-bond acceptors (Lipinski definition) is 4. The molecule has 1 N–H and O–H groups in total. The van der Waals surface area contributed by atoms with Crippen molar-refractivity contribution in [1.29, 1.82) is 0 Å². The average Bonchev–Trinajstić information content (AvgIpc) is 2.79. The molecule has 156 valence electrons. The lowest BCUT2D eigenvalue weighted by molar-refractivity contribution is 0.373. The maximum absolute atomic E-state index is 12.4. The number of methoxy groups -OCH3 is 1. The number of ether oxygens (including phenoxy) is 1. The second-order valence-corrected chi connectivity index (χ2v) is 8.34. The van der Waals surface area contributed by atoms with Gasteiger partial charge < -0.3 is 19.9 Å². The highest BCUT2D eigenvalue weighted by Crippen LogP contribution is 2.20. The zero-order valence-corrected chi connectivity index (χ0v) is 18.0. The summed E-state index contributed by atoms with van der Waals surface area (Å²) in [6.45, 7) is 7.12. The summed E-state index contributed by atoms with van der Waals surface area (Å²) in [5.41, 5.74) is 1.21. The van der Waals surface area contributed by atoms with Crippen molar-refractivity contribution in [2.24, 2.45) is 4.99 Å². The maximum atomic E-state index is 12.4. The second-order valence-electron chi connectivity index (χ2n) is 6.77. The van der Waals surface area contributed by atoms with Gasteiger partial charge in [0, 0.05) is 49.1 Å². The van der Waals surface area contributed by atoms with Crippen LogP contribution < -0.4 is 15.0 Å². The molecule has 1 saturated heterocycles. The van der Waals surface area contributed by atoms with Crippen molar-refractivity contribution in [3.63, 3.8) is 0 Å². The lowest BCUT2D eigenvalue weighted by atomic mass is 10.2.